The normalized spacial score (nSPS) is 26.5. The van der Waals surface area contributed by atoms with E-state index in [1.54, 1.807) is 7.05 Å². The Morgan fingerprint density at radius 3 is 2.51 bits per heavy atom. The summed E-state index contributed by atoms with van der Waals surface area (Å²) in [5, 5.41) is 7.07. The van der Waals surface area contributed by atoms with Crippen molar-refractivity contribution in [2.75, 3.05) is 17.6 Å². The van der Waals surface area contributed by atoms with Crippen LogP contribution in [0.5, 0.6) is 0 Å². The molecule has 1 amide bonds. The number of sulfonamides is 1. The van der Waals surface area contributed by atoms with Gasteiger partial charge in [-0.15, -0.1) is 0 Å². The van der Waals surface area contributed by atoms with E-state index in [4.69, 9.17) is 17.3 Å². The number of hydrogen-bond acceptors (Lipinski definition) is 5. The standard InChI is InChI=1S/C24H31ClFN5O3S/c1-31-23(27)21(24(32)29-17-5-6-20(26)19(25)11-17)22(30-31)16-9-14-7-13(8-15(14)10-16)12-28-35(33,34)18-3-2-4-18/h5-6,11,13-16,18,28H,2-4,7-10,12,27H2,1H3,(H,29,32). The summed E-state index contributed by atoms with van der Waals surface area (Å²) >= 11 is 5.85. The lowest BCUT2D eigenvalue weighted by Crippen LogP contribution is -2.40. The number of rotatable bonds is 7. The van der Waals surface area contributed by atoms with Crippen molar-refractivity contribution in [1.29, 1.82) is 0 Å². The van der Waals surface area contributed by atoms with Gasteiger partial charge in [-0.3, -0.25) is 9.48 Å². The largest absolute Gasteiger partial charge is 0.383 e. The minimum atomic E-state index is -3.19. The van der Waals surface area contributed by atoms with Gasteiger partial charge < -0.3 is 11.1 Å². The second kappa shape index (κ2) is 9.37. The van der Waals surface area contributed by atoms with Crippen LogP contribution < -0.4 is 15.8 Å². The molecule has 2 atom stereocenters. The summed E-state index contributed by atoms with van der Waals surface area (Å²) < 4.78 is 42.6. The topological polar surface area (TPSA) is 119 Å². The average molecular weight is 524 g/mol. The van der Waals surface area contributed by atoms with Gasteiger partial charge in [0.2, 0.25) is 10.0 Å². The molecular weight excluding hydrogens is 493 g/mol. The first-order chi connectivity index (χ1) is 16.6. The highest BCUT2D eigenvalue weighted by molar-refractivity contribution is 7.90. The Bertz CT molecular complexity index is 1230. The summed E-state index contributed by atoms with van der Waals surface area (Å²) in [5.41, 5.74) is 7.64. The van der Waals surface area contributed by atoms with Gasteiger partial charge in [-0.25, -0.2) is 17.5 Å². The number of aryl methyl sites for hydroxylation is 1. The lowest BCUT2D eigenvalue weighted by atomic mass is 9.93. The fourth-order valence-corrected chi connectivity index (χ4v) is 7.85. The second-order valence-corrected chi connectivity index (χ2v) is 12.8. The number of aromatic nitrogens is 2. The molecule has 0 aliphatic heterocycles. The Morgan fingerprint density at radius 1 is 1.23 bits per heavy atom. The predicted octanol–water partition coefficient (Wildman–Crippen LogP) is 4.04. The summed E-state index contributed by atoms with van der Waals surface area (Å²) in [6, 6.07) is 4.01. The quantitative estimate of drug-likeness (QED) is 0.506. The molecule has 3 aliphatic rings. The first-order valence-electron chi connectivity index (χ1n) is 12.2. The van der Waals surface area contributed by atoms with Crippen molar-refractivity contribution in [2.24, 2.45) is 24.8 Å². The molecule has 5 rings (SSSR count). The van der Waals surface area contributed by atoms with Crippen LogP contribution in [0.3, 0.4) is 0 Å². The van der Waals surface area contributed by atoms with Crippen molar-refractivity contribution in [3.63, 3.8) is 0 Å². The van der Waals surface area contributed by atoms with E-state index in [2.05, 4.69) is 15.1 Å². The molecule has 2 aromatic rings. The molecular formula is C24H31ClFN5O3S. The minimum absolute atomic E-state index is 0.0738. The van der Waals surface area contributed by atoms with Gasteiger partial charge in [-0.2, -0.15) is 5.10 Å². The maximum absolute atomic E-state index is 13.5. The number of nitrogens with one attached hydrogen (secondary N) is 2. The summed E-state index contributed by atoms with van der Waals surface area (Å²) in [4.78, 5) is 13.1. The zero-order chi connectivity index (χ0) is 24.9. The summed E-state index contributed by atoms with van der Waals surface area (Å²) in [6.07, 6.45) is 6.29. The third kappa shape index (κ3) is 4.80. The van der Waals surface area contributed by atoms with E-state index >= 15 is 0 Å². The van der Waals surface area contributed by atoms with Crippen molar-refractivity contribution >= 4 is 39.0 Å². The van der Waals surface area contributed by atoms with Gasteiger partial charge in [0, 0.05) is 25.2 Å². The number of fused-ring (bicyclic) bond motifs is 1. The summed E-state index contributed by atoms with van der Waals surface area (Å²) in [7, 11) is -1.47. The molecule has 1 heterocycles. The fraction of sp³-hybridized carbons (Fsp3) is 0.583. The van der Waals surface area contributed by atoms with Gasteiger partial charge in [0.25, 0.3) is 5.91 Å². The molecule has 0 spiro atoms. The number of carbonyl (C=O) groups is 1. The van der Waals surface area contributed by atoms with Crippen LogP contribution in [0, 0.1) is 23.6 Å². The number of carbonyl (C=O) groups excluding carboxylic acids is 1. The van der Waals surface area contributed by atoms with Crippen LogP contribution in [0.15, 0.2) is 18.2 Å². The van der Waals surface area contributed by atoms with E-state index in [1.165, 1.54) is 22.9 Å². The number of nitrogens with zero attached hydrogens (tertiary/aromatic N) is 2. The van der Waals surface area contributed by atoms with Gasteiger partial charge in [0.1, 0.15) is 17.2 Å². The highest BCUT2D eigenvalue weighted by atomic mass is 35.5. The van der Waals surface area contributed by atoms with E-state index in [-0.39, 0.29) is 22.0 Å². The molecule has 1 aromatic heterocycles. The molecule has 11 heteroatoms. The SMILES string of the molecule is Cn1nc(C2CC3CC(CNS(=O)(=O)C4CCC4)CC3C2)c(C(=O)Nc2ccc(F)c(Cl)c2)c1N. The molecule has 35 heavy (non-hydrogen) atoms. The number of nitrogens with two attached hydrogens (primary N) is 1. The first-order valence-corrected chi connectivity index (χ1v) is 14.1. The van der Waals surface area contributed by atoms with Crippen molar-refractivity contribution in [1.82, 2.24) is 14.5 Å². The van der Waals surface area contributed by atoms with Gasteiger partial charge in [-0.1, -0.05) is 18.0 Å². The van der Waals surface area contributed by atoms with E-state index in [1.807, 2.05) is 0 Å². The number of anilines is 2. The third-order valence-corrected chi connectivity index (χ3v) is 10.3. The smallest absolute Gasteiger partial charge is 0.261 e. The van der Waals surface area contributed by atoms with E-state index in [0.717, 1.165) is 44.9 Å². The first kappa shape index (κ1) is 24.5. The molecule has 1 aromatic carbocycles. The Kier molecular flexibility index (Phi) is 6.56. The Balaban J connectivity index is 1.24. The zero-order valence-electron chi connectivity index (χ0n) is 19.6. The molecule has 2 unspecified atom stereocenters. The highest BCUT2D eigenvalue weighted by Gasteiger charge is 2.44. The molecule has 190 valence electrons. The predicted molar refractivity (Wildman–Crippen MR) is 133 cm³/mol. The van der Waals surface area contributed by atoms with Crippen LogP contribution in [0.2, 0.25) is 5.02 Å². The Hall–Kier alpha value is -2.17. The van der Waals surface area contributed by atoms with Crippen molar-refractivity contribution in [3.8, 4) is 0 Å². The molecule has 0 saturated heterocycles. The molecule has 4 N–H and O–H groups in total. The Morgan fingerprint density at radius 2 is 1.91 bits per heavy atom. The van der Waals surface area contributed by atoms with Gasteiger partial charge in [0.15, 0.2) is 0 Å². The molecule has 3 fully saturated rings. The minimum Gasteiger partial charge on any atom is -0.383 e. The molecule has 0 radical (unpaired) electrons. The van der Waals surface area contributed by atoms with Crippen LogP contribution >= 0.6 is 11.6 Å². The number of amides is 1. The van der Waals surface area contributed by atoms with Crippen LogP contribution in [0.1, 0.15) is 66.9 Å². The van der Waals surface area contributed by atoms with Gasteiger partial charge in [-0.05, 0) is 74.5 Å². The highest BCUT2D eigenvalue weighted by Crippen LogP contribution is 2.53. The third-order valence-electron chi connectivity index (χ3n) is 8.09. The lowest BCUT2D eigenvalue weighted by molar-refractivity contribution is 0.102. The van der Waals surface area contributed by atoms with Gasteiger partial charge >= 0.3 is 0 Å². The lowest BCUT2D eigenvalue weighted by Gasteiger charge is -2.26. The number of halogens is 2. The molecule has 3 saturated carbocycles. The molecule has 3 aliphatic carbocycles. The maximum atomic E-state index is 13.5. The van der Waals surface area contributed by atoms with Crippen LogP contribution in [0.25, 0.3) is 0 Å². The van der Waals surface area contributed by atoms with Crippen molar-refractivity contribution in [3.05, 3.63) is 40.3 Å². The van der Waals surface area contributed by atoms with Crippen LogP contribution in [-0.2, 0) is 17.1 Å². The molecule has 8 nitrogen and oxygen atoms in total. The van der Waals surface area contributed by atoms with E-state index in [9.17, 15) is 17.6 Å². The number of nitrogen functional groups attached to an aromatic ring is 1. The van der Waals surface area contributed by atoms with Crippen LogP contribution in [-0.4, -0.2) is 35.9 Å². The van der Waals surface area contributed by atoms with Crippen LogP contribution in [0.4, 0.5) is 15.9 Å². The average Bonchev–Trinajstić information content (AvgIpc) is 3.39. The van der Waals surface area contributed by atoms with Crippen molar-refractivity contribution < 1.29 is 17.6 Å². The summed E-state index contributed by atoms with van der Waals surface area (Å²) in [6.45, 7) is 0.515. The van der Waals surface area contributed by atoms with Gasteiger partial charge in [0.05, 0.1) is 16.0 Å². The number of benzene rings is 1. The van der Waals surface area contributed by atoms with E-state index < -0.39 is 21.7 Å². The maximum Gasteiger partial charge on any atom is 0.261 e. The zero-order valence-corrected chi connectivity index (χ0v) is 21.2. The Labute approximate surface area is 209 Å². The second-order valence-electron chi connectivity index (χ2n) is 10.3. The fourth-order valence-electron chi connectivity index (χ4n) is 6.01. The van der Waals surface area contributed by atoms with E-state index in [0.29, 0.717) is 41.2 Å². The number of hydrogen-bond donors (Lipinski definition) is 3. The van der Waals surface area contributed by atoms with Crippen molar-refractivity contribution in [2.45, 2.75) is 56.1 Å². The summed E-state index contributed by atoms with van der Waals surface area (Å²) in [5.74, 6) is 0.748. The monoisotopic (exact) mass is 523 g/mol. The molecule has 0 bridgehead atoms.